The number of rotatable bonds is 3. The van der Waals surface area contributed by atoms with Gasteiger partial charge in [0.2, 0.25) is 0 Å². The maximum Gasteiger partial charge on any atom is 0.0447 e. The Bertz CT molecular complexity index is 328. The number of unbranched alkanes of at least 4 members (excludes halogenated alkanes) is 1. The Labute approximate surface area is 85.8 Å². The molecule has 1 aliphatic heterocycles. The Morgan fingerprint density at radius 1 is 1.29 bits per heavy atom. The fraction of sp³-hybridized carbons (Fsp3) is 0.385. The predicted octanol–water partition coefficient (Wildman–Crippen LogP) is 3.68. The molecule has 1 nitrogen and oxygen atoms in total. The molecule has 0 radical (unpaired) electrons. The molecule has 14 heavy (non-hydrogen) atoms. The van der Waals surface area contributed by atoms with Crippen LogP contribution in [0.25, 0.3) is 6.08 Å². The number of hydrogen-bond donors (Lipinski definition) is 1. The van der Waals surface area contributed by atoms with Gasteiger partial charge in [-0.2, -0.15) is 0 Å². The second-order valence-corrected chi connectivity index (χ2v) is 3.84. The minimum atomic E-state index is 0.532. The molecule has 0 fully saturated rings. The fourth-order valence-corrected chi connectivity index (χ4v) is 1.83. The molecule has 0 spiro atoms. The molecule has 0 saturated carbocycles. The van der Waals surface area contributed by atoms with Gasteiger partial charge in [0.25, 0.3) is 0 Å². The Kier molecular flexibility index (Phi) is 2.87. The second-order valence-electron chi connectivity index (χ2n) is 3.84. The first-order valence-electron chi connectivity index (χ1n) is 5.44. The fourth-order valence-electron chi connectivity index (χ4n) is 1.83. The van der Waals surface area contributed by atoms with Gasteiger partial charge in [-0.05, 0) is 18.1 Å². The number of nitrogens with one attached hydrogen (secondary N) is 1. The van der Waals surface area contributed by atoms with Crippen molar-refractivity contribution in [1.82, 2.24) is 0 Å². The molecule has 1 aliphatic rings. The minimum absolute atomic E-state index is 0.532. The molecule has 0 amide bonds. The minimum Gasteiger partial charge on any atom is -0.378 e. The third kappa shape index (κ3) is 1.98. The maximum absolute atomic E-state index is 3.54. The number of benzene rings is 1. The van der Waals surface area contributed by atoms with Gasteiger partial charge in [0.1, 0.15) is 0 Å². The van der Waals surface area contributed by atoms with Crippen LogP contribution in [-0.2, 0) is 0 Å². The lowest BCUT2D eigenvalue weighted by Gasteiger charge is -2.21. The molecule has 1 heteroatoms. The summed E-state index contributed by atoms with van der Waals surface area (Å²) in [4.78, 5) is 0. The lowest BCUT2D eigenvalue weighted by atomic mass is 10.0. The van der Waals surface area contributed by atoms with Gasteiger partial charge in [0.15, 0.2) is 0 Å². The van der Waals surface area contributed by atoms with Crippen molar-refractivity contribution in [2.45, 2.75) is 32.2 Å². The van der Waals surface area contributed by atoms with Crippen molar-refractivity contribution in [1.29, 1.82) is 0 Å². The van der Waals surface area contributed by atoms with Crippen LogP contribution in [0.3, 0.4) is 0 Å². The van der Waals surface area contributed by atoms with Gasteiger partial charge in [0, 0.05) is 11.7 Å². The van der Waals surface area contributed by atoms with E-state index in [4.69, 9.17) is 0 Å². The van der Waals surface area contributed by atoms with Crippen LogP contribution < -0.4 is 5.32 Å². The number of hydrogen-bond acceptors (Lipinski definition) is 1. The van der Waals surface area contributed by atoms with E-state index in [2.05, 4.69) is 48.7 Å². The molecule has 0 bridgehead atoms. The smallest absolute Gasteiger partial charge is 0.0447 e. The molecule has 1 atom stereocenters. The van der Waals surface area contributed by atoms with E-state index < -0.39 is 0 Å². The first kappa shape index (κ1) is 9.32. The summed E-state index contributed by atoms with van der Waals surface area (Å²) in [6, 6.07) is 9.00. The van der Waals surface area contributed by atoms with Crippen LogP contribution in [0.5, 0.6) is 0 Å². The Balaban J connectivity index is 2.06. The lowest BCUT2D eigenvalue weighted by Crippen LogP contribution is -2.19. The van der Waals surface area contributed by atoms with E-state index in [0.717, 1.165) is 0 Å². The monoisotopic (exact) mass is 187 g/mol. The Morgan fingerprint density at radius 2 is 2.14 bits per heavy atom. The van der Waals surface area contributed by atoms with Crippen LogP contribution in [0.15, 0.2) is 30.3 Å². The number of anilines is 1. The van der Waals surface area contributed by atoms with Gasteiger partial charge in [-0.15, -0.1) is 0 Å². The predicted molar refractivity (Wildman–Crippen MR) is 62.4 cm³/mol. The zero-order chi connectivity index (χ0) is 9.80. The van der Waals surface area contributed by atoms with Crippen LogP contribution in [0, 0.1) is 0 Å². The molecule has 0 aliphatic carbocycles. The maximum atomic E-state index is 3.54. The zero-order valence-corrected chi connectivity index (χ0v) is 8.66. The number of fused-ring (bicyclic) bond motifs is 1. The highest BCUT2D eigenvalue weighted by Gasteiger charge is 2.10. The van der Waals surface area contributed by atoms with Gasteiger partial charge in [-0.3, -0.25) is 0 Å². The molecule has 0 saturated heterocycles. The zero-order valence-electron chi connectivity index (χ0n) is 8.66. The van der Waals surface area contributed by atoms with Crippen LogP contribution >= 0.6 is 0 Å². The molecular weight excluding hydrogens is 170 g/mol. The lowest BCUT2D eigenvalue weighted by molar-refractivity contribution is 0.680. The summed E-state index contributed by atoms with van der Waals surface area (Å²) < 4.78 is 0. The highest BCUT2D eigenvalue weighted by molar-refractivity contribution is 5.70. The summed E-state index contributed by atoms with van der Waals surface area (Å²) in [5, 5.41) is 3.54. The average Bonchev–Trinajstić information content (AvgIpc) is 2.26. The van der Waals surface area contributed by atoms with Crippen LogP contribution in [-0.4, -0.2) is 6.04 Å². The van der Waals surface area contributed by atoms with Crippen LogP contribution in [0.4, 0.5) is 5.69 Å². The van der Waals surface area contributed by atoms with Gasteiger partial charge in [-0.25, -0.2) is 0 Å². The van der Waals surface area contributed by atoms with Crippen molar-refractivity contribution < 1.29 is 0 Å². The third-order valence-corrected chi connectivity index (χ3v) is 2.68. The molecule has 74 valence electrons. The topological polar surface area (TPSA) is 12.0 Å². The van der Waals surface area contributed by atoms with Gasteiger partial charge < -0.3 is 5.32 Å². The van der Waals surface area contributed by atoms with Crippen molar-refractivity contribution in [2.75, 3.05) is 5.32 Å². The summed E-state index contributed by atoms with van der Waals surface area (Å²) in [5.74, 6) is 0. The van der Waals surface area contributed by atoms with Crippen LogP contribution in [0.1, 0.15) is 31.7 Å². The third-order valence-electron chi connectivity index (χ3n) is 2.68. The summed E-state index contributed by atoms with van der Waals surface area (Å²) in [6.45, 7) is 2.24. The molecule has 1 heterocycles. The second kappa shape index (κ2) is 4.32. The van der Waals surface area contributed by atoms with Crippen molar-refractivity contribution in [2.24, 2.45) is 0 Å². The van der Waals surface area contributed by atoms with E-state index >= 15 is 0 Å². The van der Waals surface area contributed by atoms with Crippen molar-refractivity contribution >= 4 is 11.8 Å². The number of para-hydroxylation sites is 1. The molecule has 1 aromatic rings. The van der Waals surface area contributed by atoms with Crippen molar-refractivity contribution in [3.63, 3.8) is 0 Å². The van der Waals surface area contributed by atoms with E-state index in [9.17, 15) is 0 Å². The summed E-state index contributed by atoms with van der Waals surface area (Å²) >= 11 is 0. The van der Waals surface area contributed by atoms with E-state index in [1.54, 1.807) is 0 Å². The first-order chi connectivity index (χ1) is 6.90. The van der Waals surface area contributed by atoms with E-state index in [1.807, 2.05) is 0 Å². The first-order valence-corrected chi connectivity index (χ1v) is 5.44. The molecule has 1 aromatic carbocycles. The highest BCUT2D eigenvalue weighted by atomic mass is 14.9. The highest BCUT2D eigenvalue weighted by Crippen LogP contribution is 2.23. The summed E-state index contributed by atoms with van der Waals surface area (Å²) in [6.07, 6.45) is 8.31. The molecule has 0 aromatic heterocycles. The Hall–Kier alpha value is -1.24. The van der Waals surface area contributed by atoms with Crippen molar-refractivity contribution in [3.05, 3.63) is 35.9 Å². The largest absolute Gasteiger partial charge is 0.378 e. The Morgan fingerprint density at radius 3 is 3.00 bits per heavy atom. The molecule has 0 unspecified atom stereocenters. The quantitative estimate of drug-likeness (QED) is 0.761. The molecule has 2 rings (SSSR count). The van der Waals surface area contributed by atoms with Crippen molar-refractivity contribution in [3.8, 4) is 0 Å². The summed E-state index contributed by atoms with van der Waals surface area (Å²) in [5.41, 5.74) is 2.58. The van der Waals surface area contributed by atoms with Gasteiger partial charge >= 0.3 is 0 Å². The van der Waals surface area contributed by atoms with E-state index in [0.29, 0.717) is 6.04 Å². The molecular formula is C13H17N. The molecule has 1 N–H and O–H groups in total. The SMILES string of the molecule is CCCC[C@@H]1C=Cc2ccccc2N1. The standard InChI is InChI=1S/C13H17N/c1-2-3-7-12-10-9-11-6-4-5-8-13(11)14-12/h4-6,8-10,12,14H,2-3,7H2,1H3/t12-/m1/s1. The average molecular weight is 187 g/mol. The normalized spacial score (nSPS) is 18.8. The van der Waals surface area contributed by atoms with E-state index in [1.165, 1.54) is 30.5 Å². The summed E-state index contributed by atoms with van der Waals surface area (Å²) in [7, 11) is 0. The van der Waals surface area contributed by atoms with Crippen LogP contribution in [0.2, 0.25) is 0 Å². The van der Waals surface area contributed by atoms with Gasteiger partial charge in [-0.1, -0.05) is 50.1 Å². The van der Waals surface area contributed by atoms with E-state index in [-0.39, 0.29) is 0 Å². The van der Waals surface area contributed by atoms with Gasteiger partial charge in [0.05, 0.1) is 0 Å².